The Labute approximate surface area is 164 Å². The Kier molecular flexibility index (Phi) is 5.42. The molecule has 1 saturated heterocycles. The van der Waals surface area contributed by atoms with Crippen molar-refractivity contribution >= 4 is 5.91 Å². The van der Waals surface area contributed by atoms with E-state index in [-0.39, 0.29) is 17.6 Å². The number of likely N-dealkylation sites (tertiary alicyclic amines) is 1. The van der Waals surface area contributed by atoms with Gasteiger partial charge < -0.3 is 4.90 Å². The predicted octanol–water partition coefficient (Wildman–Crippen LogP) is 4.23. The molecule has 1 aliphatic rings. The molecule has 3 aromatic rings. The molecule has 1 unspecified atom stereocenters. The van der Waals surface area contributed by atoms with Crippen LogP contribution in [0.4, 0.5) is 4.39 Å². The first-order chi connectivity index (χ1) is 13.7. The first-order valence-corrected chi connectivity index (χ1v) is 9.59. The minimum atomic E-state index is -0.273. The number of pyridine rings is 2. The summed E-state index contributed by atoms with van der Waals surface area (Å²) in [5.74, 6) is 0.0213. The molecule has 4 nitrogen and oxygen atoms in total. The van der Waals surface area contributed by atoms with Crippen molar-refractivity contribution in [3.63, 3.8) is 0 Å². The molecule has 5 heteroatoms. The second-order valence-corrected chi connectivity index (χ2v) is 7.14. The Bertz CT molecular complexity index is 961. The van der Waals surface area contributed by atoms with Crippen molar-refractivity contribution in [3.05, 3.63) is 84.1 Å². The normalized spacial score (nSPS) is 16.8. The fourth-order valence-corrected chi connectivity index (χ4v) is 3.73. The second kappa shape index (κ2) is 8.30. The van der Waals surface area contributed by atoms with E-state index in [1.54, 1.807) is 24.5 Å². The quantitative estimate of drug-likeness (QED) is 0.685. The van der Waals surface area contributed by atoms with E-state index in [2.05, 4.69) is 4.98 Å². The number of carbonyl (C=O) groups excluding carboxylic acids is 1. The van der Waals surface area contributed by atoms with Gasteiger partial charge in [-0.25, -0.2) is 4.39 Å². The zero-order chi connectivity index (χ0) is 19.3. The lowest BCUT2D eigenvalue weighted by atomic mass is 9.93. The first kappa shape index (κ1) is 18.3. The lowest BCUT2D eigenvalue weighted by Crippen LogP contribution is -2.40. The van der Waals surface area contributed by atoms with E-state index in [0.29, 0.717) is 24.2 Å². The van der Waals surface area contributed by atoms with Crippen molar-refractivity contribution in [1.29, 1.82) is 0 Å². The summed E-state index contributed by atoms with van der Waals surface area (Å²) in [6.07, 6.45) is 5.72. The highest BCUT2D eigenvalue weighted by atomic mass is 19.1. The highest BCUT2D eigenvalue weighted by Gasteiger charge is 2.26. The third-order valence-corrected chi connectivity index (χ3v) is 5.22. The Balaban J connectivity index is 1.50. The molecule has 28 heavy (non-hydrogen) atoms. The van der Waals surface area contributed by atoms with Crippen molar-refractivity contribution in [1.82, 2.24) is 14.9 Å². The Hall–Kier alpha value is -3.08. The SMILES string of the molecule is O=C(Cc1ccncc1)N1CCCC(c2cccc(-c3ccccc3F)n2)C1. The lowest BCUT2D eigenvalue weighted by molar-refractivity contribution is -0.131. The summed E-state index contributed by atoms with van der Waals surface area (Å²) < 4.78 is 14.1. The van der Waals surface area contributed by atoms with E-state index in [4.69, 9.17) is 4.98 Å². The second-order valence-electron chi connectivity index (χ2n) is 7.14. The average molecular weight is 375 g/mol. The van der Waals surface area contributed by atoms with Crippen molar-refractivity contribution in [2.24, 2.45) is 0 Å². The standard InChI is InChI=1S/C23H22FN3O/c24-20-7-2-1-6-19(20)22-9-3-8-21(26-22)18-5-4-14-27(16-18)23(28)15-17-10-12-25-13-11-17/h1-3,6-13,18H,4-5,14-16H2. The van der Waals surface area contributed by atoms with Crippen molar-refractivity contribution in [2.75, 3.05) is 13.1 Å². The maximum atomic E-state index is 14.1. The molecular formula is C23H22FN3O. The van der Waals surface area contributed by atoms with Crippen LogP contribution in [0.3, 0.4) is 0 Å². The van der Waals surface area contributed by atoms with E-state index in [1.165, 1.54) is 6.07 Å². The summed E-state index contributed by atoms with van der Waals surface area (Å²) in [6.45, 7) is 1.42. The number of benzene rings is 1. The van der Waals surface area contributed by atoms with E-state index < -0.39 is 0 Å². The largest absolute Gasteiger partial charge is 0.342 e. The van der Waals surface area contributed by atoms with Crippen LogP contribution in [0, 0.1) is 5.82 Å². The van der Waals surface area contributed by atoms with Crippen LogP contribution in [0.15, 0.2) is 67.0 Å². The monoisotopic (exact) mass is 375 g/mol. The van der Waals surface area contributed by atoms with Gasteiger partial charge in [-0.3, -0.25) is 14.8 Å². The van der Waals surface area contributed by atoms with E-state index >= 15 is 0 Å². The van der Waals surface area contributed by atoms with Crippen molar-refractivity contribution in [2.45, 2.75) is 25.2 Å². The fourth-order valence-electron chi connectivity index (χ4n) is 3.73. The molecular weight excluding hydrogens is 353 g/mol. The van der Waals surface area contributed by atoms with Crippen LogP contribution in [-0.4, -0.2) is 33.9 Å². The number of rotatable bonds is 4. The van der Waals surface area contributed by atoms with Gasteiger partial charge in [-0.05, 0) is 54.8 Å². The highest BCUT2D eigenvalue weighted by Crippen LogP contribution is 2.28. The van der Waals surface area contributed by atoms with E-state index in [1.807, 2.05) is 41.3 Å². The predicted molar refractivity (Wildman–Crippen MR) is 106 cm³/mol. The van der Waals surface area contributed by atoms with Crippen LogP contribution >= 0.6 is 0 Å². The van der Waals surface area contributed by atoms with Crippen molar-refractivity contribution in [3.8, 4) is 11.3 Å². The number of halogens is 1. The maximum absolute atomic E-state index is 14.1. The molecule has 0 aliphatic carbocycles. The molecule has 0 saturated carbocycles. The number of carbonyl (C=O) groups is 1. The van der Waals surface area contributed by atoms with Crippen LogP contribution in [0.25, 0.3) is 11.3 Å². The topological polar surface area (TPSA) is 46.1 Å². The lowest BCUT2D eigenvalue weighted by Gasteiger charge is -2.32. The molecule has 1 atom stereocenters. The third-order valence-electron chi connectivity index (χ3n) is 5.22. The Morgan fingerprint density at radius 1 is 1.07 bits per heavy atom. The van der Waals surface area contributed by atoms with Gasteiger partial charge in [-0.2, -0.15) is 0 Å². The van der Waals surface area contributed by atoms with Gasteiger partial charge >= 0.3 is 0 Å². The van der Waals surface area contributed by atoms with Gasteiger partial charge in [0.05, 0.1) is 12.1 Å². The zero-order valence-electron chi connectivity index (χ0n) is 15.6. The number of hydrogen-bond donors (Lipinski definition) is 0. The first-order valence-electron chi connectivity index (χ1n) is 9.59. The smallest absolute Gasteiger partial charge is 0.227 e. The van der Waals surface area contributed by atoms with E-state index in [9.17, 15) is 9.18 Å². The highest BCUT2D eigenvalue weighted by molar-refractivity contribution is 5.79. The van der Waals surface area contributed by atoms with Gasteiger partial charge in [-0.15, -0.1) is 0 Å². The van der Waals surface area contributed by atoms with Gasteiger partial charge in [0.1, 0.15) is 5.82 Å². The number of nitrogens with zero attached hydrogens (tertiary/aromatic N) is 3. The summed E-state index contributed by atoms with van der Waals surface area (Å²) in [5.41, 5.74) is 3.03. The number of amides is 1. The van der Waals surface area contributed by atoms with Crippen LogP contribution < -0.4 is 0 Å². The van der Waals surface area contributed by atoms with Gasteiger partial charge in [0.2, 0.25) is 5.91 Å². The third kappa shape index (κ3) is 4.09. The zero-order valence-corrected chi connectivity index (χ0v) is 15.6. The molecule has 0 radical (unpaired) electrons. The molecule has 3 heterocycles. The summed E-state index contributed by atoms with van der Waals surface area (Å²) in [7, 11) is 0. The van der Waals surface area contributed by atoms with Gasteiger partial charge in [0, 0.05) is 42.7 Å². The minimum absolute atomic E-state index is 0.126. The maximum Gasteiger partial charge on any atom is 0.227 e. The Morgan fingerprint density at radius 3 is 2.71 bits per heavy atom. The van der Waals surface area contributed by atoms with Crippen LogP contribution in [0.2, 0.25) is 0 Å². The molecule has 142 valence electrons. The molecule has 0 N–H and O–H groups in total. The summed E-state index contributed by atoms with van der Waals surface area (Å²) >= 11 is 0. The number of aromatic nitrogens is 2. The molecule has 4 rings (SSSR count). The summed E-state index contributed by atoms with van der Waals surface area (Å²) in [5, 5.41) is 0. The van der Waals surface area contributed by atoms with Gasteiger partial charge in [-0.1, -0.05) is 18.2 Å². The fraction of sp³-hybridized carbons (Fsp3) is 0.261. The molecule has 2 aromatic heterocycles. The number of piperidine rings is 1. The van der Waals surface area contributed by atoms with Crippen LogP contribution in [0.5, 0.6) is 0 Å². The molecule has 1 aromatic carbocycles. The van der Waals surface area contributed by atoms with E-state index in [0.717, 1.165) is 30.6 Å². The minimum Gasteiger partial charge on any atom is -0.342 e. The van der Waals surface area contributed by atoms with Gasteiger partial charge in [0.25, 0.3) is 0 Å². The van der Waals surface area contributed by atoms with Crippen molar-refractivity contribution < 1.29 is 9.18 Å². The molecule has 0 spiro atoms. The molecule has 1 amide bonds. The summed E-state index contributed by atoms with van der Waals surface area (Å²) in [6, 6.07) is 16.2. The molecule has 0 bridgehead atoms. The Morgan fingerprint density at radius 2 is 1.89 bits per heavy atom. The number of hydrogen-bond acceptors (Lipinski definition) is 3. The average Bonchev–Trinajstić information content (AvgIpc) is 2.75. The summed E-state index contributed by atoms with van der Waals surface area (Å²) in [4.78, 5) is 23.4. The molecule has 1 aliphatic heterocycles. The van der Waals surface area contributed by atoms with Gasteiger partial charge in [0.15, 0.2) is 0 Å². The van der Waals surface area contributed by atoms with Crippen LogP contribution in [-0.2, 0) is 11.2 Å². The molecule has 1 fully saturated rings. The van der Waals surface area contributed by atoms with Crippen LogP contribution in [0.1, 0.15) is 30.0 Å².